The summed E-state index contributed by atoms with van der Waals surface area (Å²) < 4.78 is 16.4. The van der Waals surface area contributed by atoms with Gasteiger partial charge in [0.2, 0.25) is 18.4 Å². The van der Waals surface area contributed by atoms with Crippen LogP contribution in [0.25, 0.3) is 16.0 Å². The van der Waals surface area contributed by atoms with Crippen LogP contribution in [0.4, 0.5) is 5.95 Å². The van der Waals surface area contributed by atoms with Crippen molar-refractivity contribution in [3.8, 4) is 0 Å². The van der Waals surface area contributed by atoms with Crippen LogP contribution in [0.15, 0.2) is 11.1 Å². The minimum atomic E-state index is -1.55. The number of rotatable bonds is 12. The first kappa shape index (κ1) is 30.5. The van der Waals surface area contributed by atoms with Gasteiger partial charge in [-0.05, 0) is 34.1 Å². The van der Waals surface area contributed by atoms with Crippen molar-refractivity contribution in [3.63, 3.8) is 0 Å². The number of aliphatic hydroxyl groups is 1. The van der Waals surface area contributed by atoms with Crippen molar-refractivity contribution in [1.82, 2.24) is 24.2 Å². The number of carbonyl (C=O) groups excluding carboxylic acids is 1. The number of aromatic nitrogens is 4. The minimum absolute atomic E-state index is 0.0292. The van der Waals surface area contributed by atoms with Crippen molar-refractivity contribution < 1.29 is 18.9 Å². The summed E-state index contributed by atoms with van der Waals surface area (Å²) in [6.07, 6.45) is 0.704. The van der Waals surface area contributed by atoms with Crippen molar-refractivity contribution in [3.05, 3.63) is 28.1 Å². The Kier molecular flexibility index (Phi) is 10.7. The molecule has 0 spiro atoms. The Morgan fingerprint density at radius 1 is 1.34 bits per heavy atom. The van der Waals surface area contributed by atoms with Crippen molar-refractivity contribution >= 4 is 43.3 Å². The first-order valence-electron chi connectivity index (χ1n) is 12.8. The van der Waals surface area contributed by atoms with Gasteiger partial charge in [0.15, 0.2) is 11.2 Å². The zero-order chi connectivity index (χ0) is 28.1. The molecular weight excluding hydrogens is 529 g/mol. The van der Waals surface area contributed by atoms with E-state index in [4.69, 9.17) is 15.6 Å². The third-order valence-electron chi connectivity index (χ3n) is 6.05. The van der Waals surface area contributed by atoms with Crippen LogP contribution < -0.4 is 10.9 Å². The van der Waals surface area contributed by atoms with Crippen LogP contribution in [-0.4, -0.2) is 77.9 Å². The van der Waals surface area contributed by atoms with E-state index in [0.717, 1.165) is 6.42 Å². The summed E-state index contributed by atoms with van der Waals surface area (Å²) in [5, 5.41) is 13.6. The Balaban J connectivity index is 1.93. The van der Waals surface area contributed by atoms with E-state index < -0.39 is 31.7 Å². The lowest BCUT2D eigenvalue weighted by Crippen LogP contribution is -2.38. The van der Waals surface area contributed by atoms with Crippen LogP contribution in [0, 0.1) is 12.5 Å². The largest absolute Gasteiger partial charge is 0.387 e. The monoisotopic (exact) mass is 567 g/mol. The number of amides is 1. The first-order valence-corrected chi connectivity index (χ1v) is 14.9. The molecule has 1 amide bonds. The molecule has 1 aliphatic heterocycles. The molecular formula is C24H38N7O5PS. The van der Waals surface area contributed by atoms with E-state index in [2.05, 4.69) is 57.5 Å². The Hall–Kier alpha value is -2.07. The van der Waals surface area contributed by atoms with Crippen molar-refractivity contribution in [2.75, 3.05) is 18.5 Å². The number of hydrogen-bond acceptors (Lipinski definition) is 9. The van der Waals surface area contributed by atoms with E-state index in [1.807, 2.05) is 6.92 Å². The van der Waals surface area contributed by atoms with Crippen molar-refractivity contribution in [2.24, 2.45) is 5.92 Å². The molecule has 3 heterocycles. The van der Waals surface area contributed by atoms with E-state index in [-0.39, 0.29) is 59.4 Å². The van der Waals surface area contributed by atoms with Crippen molar-refractivity contribution in [2.45, 2.75) is 89.8 Å². The van der Waals surface area contributed by atoms with Crippen LogP contribution in [0.1, 0.15) is 60.3 Å². The molecule has 14 heteroatoms. The second kappa shape index (κ2) is 13.3. The maximum Gasteiger partial charge on any atom is 0.280 e. The number of anilines is 1. The molecule has 0 radical (unpaired) electrons. The Morgan fingerprint density at radius 2 is 2.03 bits per heavy atom. The molecule has 0 aliphatic carbocycles. The number of H-pyrrole nitrogens is 1. The van der Waals surface area contributed by atoms with Crippen LogP contribution in [-0.2, 0) is 13.8 Å². The van der Waals surface area contributed by atoms with Gasteiger partial charge in [0, 0.05) is 23.3 Å². The third-order valence-corrected chi connectivity index (χ3v) is 9.91. The van der Waals surface area contributed by atoms with E-state index in [9.17, 15) is 14.7 Å². The normalized spacial score (nSPS) is 22.6. The fourth-order valence-electron chi connectivity index (χ4n) is 4.23. The highest BCUT2D eigenvalue weighted by molar-refractivity contribution is 8.00. The number of hydrogen-bond donors (Lipinski definition) is 3. The molecule has 12 nitrogen and oxygen atoms in total. The molecule has 210 valence electrons. The Morgan fingerprint density at radius 3 is 2.61 bits per heavy atom. The summed E-state index contributed by atoms with van der Waals surface area (Å²) in [4.78, 5) is 39.5. The van der Waals surface area contributed by atoms with Gasteiger partial charge < -0.3 is 19.0 Å². The topological polar surface area (TPSA) is 139 Å². The summed E-state index contributed by atoms with van der Waals surface area (Å²) in [7, 11) is -1.55. The lowest BCUT2D eigenvalue weighted by Gasteiger charge is -2.37. The highest BCUT2D eigenvalue weighted by Crippen LogP contribution is 2.53. The predicted octanol–water partition coefficient (Wildman–Crippen LogP) is 3.77. The maximum absolute atomic E-state index is 12.7. The Labute approximate surface area is 228 Å². The van der Waals surface area contributed by atoms with Gasteiger partial charge in [0.05, 0.1) is 6.33 Å². The average molecular weight is 568 g/mol. The molecule has 0 saturated carbocycles. The van der Waals surface area contributed by atoms with Gasteiger partial charge in [-0.15, -0.1) is 11.8 Å². The van der Waals surface area contributed by atoms with Gasteiger partial charge in [-0.1, -0.05) is 20.8 Å². The SMILES string of the molecule is [C-]#[N+]CCOP(O[C@H]1[C@@H](O)[C@H](n2cnc3c(=O)[nH]c(NC(=O)C(C)C)nc32)S[C@@H]1CC)N(C(C)C)C(C)C. The second-order valence-corrected chi connectivity index (χ2v) is 12.7. The smallest absolute Gasteiger partial charge is 0.280 e. The van der Waals surface area contributed by atoms with Crippen molar-refractivity contribution in [1.29, 1.82) is 0 Å². The zero-order valence-electron chi connectivity index (χ0n) is 22.9. The third kappa shape index (κ3) is 6.73. The molecule has 3 rings (SSSR count). The molecule has 1 unspecified atom stereocenters. The maximum atomic E-state index is 12.7. The van der Waals surface area contributed by atoms with Crippen LogP contribution in [0.2, 0.25) is 0 Å². The van der Waals surface area contributed by atoms with E-state index in [0.29, 0.717) is 0 Å². The second-order valence-electron chi connectivity index (χ2n) is 9.94. The number of aromatic amines is 1. The number of carbonyl (C=O) groups is 1. The van der Waals surface area contributed by atoms with Crippen LogP contribution in [0.3, 0.4) is 0 Å². The van der Waals surface area contributed by atoms with E-state index in [1.54, 1.807) is 18.4 Å². The molecule has 5 atom stereocenters. The molecule has 2 aromatic heterocycles. The lowest BCUT2D eigenvalue weighted by atomic mass is 10.1. The molecule has 2 aromatic rings. The minimum Gasteiger partial charge on any atom is -0.387 e. The number of nitrogens with one attached hydrogen (secondary N) is 2. The molecule has 3 N–H and O–H groups in total. The quantitative estimate of drug-likeness (QED) is 0.199. The average Bonchev–Trinajstić information content (AvgIpc) is 3.39. The van der Waals surface area contributed by atoms with Gasteiger partial charge in [-0.25, -0.2) is 16.2 Å². The van der Waals surface area contributed by atoms with Gasteiger partial charge in [0.25, 0.3) is 14.1 Å². The van der Waals surface area contributed by atoms with Gasteiger partial charge in [-0.3, -0.25) is 24.5 Å². The molecule has 0 aromatic carbocycles. The van der Waals surface area contributed by atoms with Crippen LogP contribution in [0.5, 0.6) is 0 Å². The molecule has 38 heavy (non-hydrogen) atoms. The lowest BCUT2D eigenvalue weighted by molar-refractivity contribution is -0.118. The number of fused-ring (bicyclic) bond motifs is 1. The Bertz CT molecular complexity index is 1190. The highest BCUT2D eigenvalue weighted by Gasteiger charge is 2.47. The molecule has 1 fully saturated rings. The number of aliphatic hydroxyl groups excluding tert-OH is 1. The summed E-state index contributed by atoms with van der Waals surface area (Å²) in [5.74, 6) is -0.541. The van der Waals surface area contributed by atoms with Crippen LogP contribution >= 0.6 is 20.3 Å². The van der Waals surface area contributed by atoms with Gasteiger partial charge in [-0.2, -0.15) is 4.98 Å². The van der Waals surface area contributed by atoms with E-state index >= 15 is 0 Å². The fraction of sp³-hybridized carbons (Fsp3) is 0.708. The zero-order valence-corrected chi connectivity index (χ0v) is 24.6. The van der Waals surface area contributed by atoms with E-state index in [1.165, 1.54) is 18.1 Å². The highest BCUT2D eigenvalue weighted by atomic mass is 32.2. The molecule has 1 aliphatic rings. The summed E-state index contributed by atoms with van der Waals surface area (Å²) in [5.41, 5.74) is -0.0962. The number of imidazole rings is 1. The molecule has 0 bridgehead atoms. The van der Waals surface area contributed by atoms with Gasteiger partial charge >= 0.3 is 0 Å². The standard InChI is InChI=1S/C24H38N7O5PS/c1-9-16-19(36-37(35-11-10-25-8)31(14(4)5)15(6)7)18(32)23(38-16)30-12-26-17-20(30)27-24(29-22(17)34)28-21(33)13(2)3/h12-16,18-19,23,32H,9-11H2,1-7H3,(H2,27,28,29,33,34)/t16-,18-,19-,23-,37?/m1/s1. The first-order chi connectivity index (χ1) is 18.0. The van der Waals surface area contributed by atoms with Gasteiger partial charge in [0.1, 0.15) is 24.2 Å². The molecule has 1 saturated heterocycles. The number of nitrogens with zero attached hydrogens (tertiary/aromatic N) is 5. The number of thioether (sulfide) groups is 1. The summed E-state index contributed by atoms with van der Waals surface area (Å²) in [6, 6.07) is 0.258. The summed E-state index contributed by atoms with van der Waals surface area (Å²) in [6.45, 7) is 21.3. The summed E-state index contributed by atoms with van der Waals surface area (Å²) >= 11 is 1.52. The fourth-order valence-corrected chi connectivity index (χ4v) is 7.61. The predicted molar refractivity (Wildman–Crippen MR) is 150 cm³/mol.